The van der Waals surface area contributed by atoms with Gasteiger partial charge in [0.25, 0.3) is 0 Å². The Morgan fingerprint density at radius 1 is 0.358 bits per heavy atom. The summed E-state index contributed by atoms with van der Waals surface area (Å²) in [7, 11) is 0. The van der Waals surface area contributed by atoms with Gasteiger partial charge in [-0.05, 0) is 103 Å². The summed E-state index contributed by atoms with van der Waals surface area (Å²) in [6.45, 7) is 4.68. The minimum Gasteiger partial charge on any atom is -0.310 e. The summed E-state index contributed by atoms with van der Waals surface area (Å²) in [6, 6.07) is 69.1. The van der Waals surface area contributed by atoms with E-state index in [9.17, 15) is 0 Å². The number of rotatable bonds is 5. The number of benzene rings is 8. The summed E-state index contributed by atoms with van der Waals surface area (Å²) < 4.78 is 0. The van der Waals surface area contributed by atoms with Gasteiger partial charge in [0.15, 0.2) is 0 Å². The van der Waals surface area contributed by atoms with Crippen molar-refractivity contribution >= 4 is 27.8 Å². The predicted octanol–water partition coefficient (Wildman–Crippen LogP) is 13.8. The second-order valence-corrected chi connectivity index (χ2v) is 15.0. The molecule has 1 spiro atoms. The molecular formula is C52H39N. The summed E-state index contributed by atoms with van der Waals surface area (Å²) in [6.07, 6.45) is 4.92. The van der Waals surface area contributed by atoms with Gasteiger partial charge in [-0.25, -0.2) is 0 Å². The molecule has 8 aromatic rings. The van der Waals surface area contributed by atoms with E-state index in [2.05, 4.69) is 219 Å². The van der Waals surface area contributed by atoms with Crippen LogP contribution in [0.4, 0.5) is 17.1 Å². The topological polar surface area (TPSA) is 3.24 Å². The average Bonchev–Trinajstić information content (AvgIpc) is 3.50. The van der Waals surface area contributed by atoms with Crippen LogP contribution in [0.1, 0.15) is 36.1 Å². The van der Waals surface area contributed by atoms with Crippen LogP contribution in [0, 0.1) is 0 Å². The van der Waals surface area contributed by atoms with E-state index >= 15 is 0 Å². The summed E-state index contributed by atoms with van der Waals surface area (Å²) in [5, 5.41) is 2.52. The highest BCUT2D eigenvalue weighted by atomic mass is 15.1. The van der Waals surface area contributed by atoms with E-state index in [0.29, 0.717) is 0 Å². The molecule has 0 unspecified atom stereocenters. The molecule has 0 amide bonds. The molecule has 8 aromatic carbocycles. The Morgan fingerprint density at radius 2 is 0.887 bits per heavy atom. The van der Waals surface area contributed by atoms with Gasteiger partial charge in [-0.3, -0.25) is 0 Å². The lowest BCUT2D eigenvalue weighted by Gasteiger charge is -2.41. The van der Waals surface area contributed by atoms with Crippen molar-refractivity contribution in [1.82, 2.24) is 0 Å². The minimum absolute atomic E-state index is 0.117. The largest absolute Gasteiger partial charge is 0.310 e. The first kappa shape index (κ1) is 31.3. The number of fused-ring (bicyclic) bond motifs is 8. The summed E-state index contributed by atoms with van der Waals surface area (Å²) in [5.74, 6) is 0. The molecule has 2 aliphatic carbocycles. The second kappa shape index (κ2) is 12.1. The van der Waals surface area contributed by atoms with Gasteiger partial charge in [-0.2, -0.15) is 0 Å². The Balaban J connectivity index is 1.16. The Hall–Kier alpha value is -6.44. The van der Waals surface area contributed by atoms with Crippen molar-refractivity contribution in [3.05, 3.63) is 222 Å². The van der Waals surface area contributed by atoms with E-state index in [0.717, 1.165) is 17.1 Å². The van der Waals surface area contributed by atoms with Crippen molar-refractivity contribution in [1.29, 1.82) is 0 Å². The normalized spacial score (nSPS) is 14.5. The fourth-order valence-electron chi connectivity index (χ4n) is 8.96. The SMILES string of the molecule is CC1(C)C=CC2(c3ccccc3-c3ccccc32)c2cc(N(c3ccc(-c4ccccc4)cc3)c3ccc(-c4cccc5ccccc45)cc3)ccc21. The van der Waals surface area contributed by atoms with Crippen molar-refractivity contribution in [3.8, 4) is 33.4 Å². The zero-order valence-electron chi connectivity index (χ0n) is 30.0. The summed E-state index contributed by atoms with van der Waals surface area (Å²) >= 11 is 0. The van der Waals surface area contributed by atoms with Crippen LogP contribution in [0.15, 0.2) is 200 Å². The third-order valence-electron chi connectivity index (χ3n) is 11.6. The van der Waals surface area contributed by atoms with Crippen LogP contribution >= 0.6 is 0 Å². The fourth-order valence-corrected chi connectivity index (χ4v) is 8.96. The third-order valence-corrected chi connectivity index (χ3v) is 11.6. The number of anilines is 3. The number of allylic oxidation sites excluding steroid dienone is 2. The summed E-state index contributed by atoms with van der Waals surface area (Å²) in [4.78, 5) is 2.42. The van der Waals surface area contributed by atoms with Crippen molar-refractivity contribution in [2.24, 2.45) is 0 Å². The molecule has 2 aliphatic rings. The number of nitrogens with zero attached hydrogens (tertiary/aromatic N) is 1. The van der Waals surface area contributed by atoms with Crippen LogP contribution in [0.25, 0.3) is 44.2 Å². The van der Waals surface area contributed by atoms with Gasteiger partial charge < -0.3 is 4.90 Å². The van der Waals surface area contributed by atoms with Crippen LogP contribution in [-0.4, -0.2) is 0 Å². The minimum atomic E-state index is -0.380. The highest BCUT2D eigenvalue weighted by Crippen LogP contribution is 2.58. The zero-order valence-corrected chi connectivity index (χ0v) is 30.0. The maximum atomic E-state index is 2.49. The van der Waals surface area contributed by atoms with E-state index in [1.54, 1.807) is 0 Å². The Labute approximate surface area is 312 Å². The molecule has 0 radical (unpaired) electrons. The quantitative estimate of drug-likeness (QED) is 0.164. The molecule has 0 atom stereocenters. The highest BCUT2D eigenvalue weighted by molar-refractivity contribution is 5.97. The lowest BCUT2D eigenvalue weighted by molar-refractivity contribution is 0.607. The Kier molecular flexibility index (Phi) is 7.13. The van der Waals surface area contributed by atoms with E-state index in [1.807, 2.05) is 0 Å². The van der Waals surface area contributed by atoms with Crippen molar-refractivity contribution in [2.75, 3.05) is 4.90 Å². The van der Waals surface area contributed by atoms with Crippen LogP contribution in [0.2, 0.25) is 0 Å². The highest BCUT2D eigenvalue weighted by Gasteiger charge is 2.47. The second-order valence-electron chi connectivity index (χ2n) is 15.0. The van der Waals surface area contributed by atoms with Crippen LogP contribution in [-0.2, 0) is 10.8 Å². The molecule has 0 aromatic heterocycles. The summed E-state index contributed by atoms with van der Waals surface area (Å²) in [5.41, 5.74) is 15.8. The smallest absolute Gasteiger partial charge is 0.0648 e. The van der Waals surface area contributed by atoms with Crippen molar-refractivity contribution in [2.45, 2.75) is 24.7 Å². The van der Waals surface area contributed by atoms with Gasteiger partial charge in [0.05, 0.1) is 5.41 Å². The van der Waals surface area contributed by atoms with Gasteiger partial charge in [-0.1, -0.05) is 178 Å². The number of hydrogen-bond donors (Lipinski definition) is 0. The van der Waals surface area contributed by atoms with Gasteiger partial charge in [0.2, 0.25) is 0 Å². The molecule has 0 saturated carbocycles. The molecule has 53 heavy (non-hydrogen) atoms. The molecule has 0 saturated heterocycles. The van der Waals surface area contributed by atoms with Crippen molar-refractivity contribution in [3.63, 3.8) is 0 Å². The van der Waals surface area contributed by atoms with E-state index in [1.165, 1.54) is 66.4 Å². The first-order valence-corrected chi connectivity index (χ1v) is 18.6. The van der Waals surface area contributed by atoms with E-state index < -0.39 is 0 Å². The van der Waals surface area contributed by atoms with Crippen LogP contribution < -0.4 is 4.90 Å². The van der Waals surface area contributed by atoms with E-state index in [-0.39, 0.29) is 10.8 Å². The van der Waals surface area contributed by atoms with Gasteiger partial charge >= 0.3 is 0 Å². The molecule has 0 heterocycles. The van der Waals surface area contributed by atoms with Gasteiger partial charge in [0.1, 0.15) is 0 Å². The molecule has 0 fully saturated rings. The first-order valence-electron chi connectivity index (χ1n) is 18.6. The van der Waals surface area contributed by atoms with Crippen LogP contribution in [0.5, 0.6) is 0 Å². The molecule has 0 N–H and O–H groups in total. The zero-order chi connectivity index (χ0) is 35.6. The Bertz CT molecular complexity index is 2630. The van der Waals surface area contributed by atoms with Gasteiger partial charge in [-0.15, -0.1) is 0 Å². The molecule has 1 nitrogen and oxygen atoms in total. The maximum absolute atomic E-state index is 2.49. The van der Waals surface area contributed by atoms with E-state index in [4.69, 9.17) is 0 Å². The maximum Gasteiger partial charge on any atom is 0.0648 e. The molecule has 10 rings (SSSR count). The lowest BCUT2D eigenvalue weighted by atomic mass is 9.62. The van der Waals surface area contributed by atoms with Gasteiger partial charge in [0, 0.05) is 22.5 Å². The third kappa shape index (κ3) is 4.92. The average molecular weight is 678 g/mol. The molecule has 0 bridgehead atoms. The molecule has 0 aliphatic heterocycles. The predicted molar refractivity (Wildman–Crippen MR) is 223 cm³/mol. The van der Waals surface area contributed by atoms with Crippen molar-refractivity contribution < 1.29 is 0 Å². The fraction of sp³-hybridized carbons (Fsp3) is 0.0769. The molecule has 252 valence electrons. The van der Waals surface area contributed by atoms with Crippen LogP contribution in [0.3, 0.4) is 0 Å². The molecule has 1 heteroatoms. The standard InChI is InChI=1S/C52H39N/c1-51(2)33-34-52(47-21-10-8-18-45(47)46-19-9-11-22-48(46)52)50-35-42(31-32-49(50)51)53(40-27-23-37(24-28-40)36-13-4-3-5-14-36)41-29-25-39(26-30-41)44-20-12-16-38-15-6-7-17-43(38)44/h3-35H,1-2H3. The lowest BCUT2D eigenvalue weighted by Crippen LogP contribution is -2.34. The molecular weight excluding hydrogens is 639 g/mol. The number of hydrogen-bond acceptors (Lipinski definition) is 1. The Morgan fingerprint density at radius 3 is 1.58 bits per heavy atom. The monoisotopic (exact) mass is 677 g/mol. The first-order chi connectivity index (χ1) is 26.0.